The number of carbonyl (C=O) groups is 2. The van der Waals surface area contributed by atoms with Crippen LogP contribution >= 0.6 is 23.2 Å². The second-order valence-corrected chi connectivity index (χ2v) is 8.47. The number of nitrogens with zero attached hydrogens (tertiary/aromatic N) is 2. The minimum Gasteiger partial charge on any atom is -0.507 e. The fourth-order valence-corrected chi connectivity index (χ4v) is 3.94. The molecule has 1 unspecified atom stereocenters. The summed E-state index contributed by atoms with van der Waals surface area (Å²) in [6.07, 6.45) is 0. The van der Waals surface area contributed by atoms with Crippen molar-refractivity contribution in [2.45, 2.75) is 13.0 Å². The predicted octanol–water partition coefficient (Wildman–Crippen LogP) is 4.29. The van der Waals surface area contributed by atoms with Gasteiger partial charge in [-0.3, -0.25) is 9.59 Å². The third-order valence-electron chi connectivity index (χ3n) is 5.26. The minimum atomic E-state index is -0.780. The first-order valence-corrected chi connectivity index (χ1v) is 10.4. The summed E-state index contributed by atoms with van der Waals surface area (Å²) in [5.41, 5.74) is 1.83. The van der Waals surface area contributed by atoms with Crippen molar-refractivity contribution >= 4 is 40.7 Å². The number of likely N-dealkylation sites (N-methyl/N-ethyl adjacent to an activating group) is 1. The number of aliphatic hydroxyl groups is 1. The van der Waals surface area contributed by atoms with Gasteiger partial charge in [0.15, 0.2) is 0 Å². The Labute approximate surface area is 191 Å². The fraction of sp³-hybridized carbons (Fsp3) is 0.304. The zero-order valence-electron chi connectivity index (χ0n) is 17.8. The van der Waals surface area contributed by atoms with Crippen molar-refractivity contribution in [2.24, 2.45) is 0 Å². The molecule has 2 aromatic carbocycles. The van der Waals surface area contributed by atoms with Crippen molar-refractivity contribution in [1.82, 2.24) is 9.80 Å². The molecule has 31 heavy (non-hydrogen) atoms. The van der Waals surface area contributed by atoms with Crippen molar-refractivity contribution in [1.29, 1.82) is 0 Å². The first-order valence-electron chi connectivity index (χ1n) is 9.68. The van der Waals surface area contributed by atoms with E-state index in [1.165, 1.54) is 4.90 Å². The van der Waals surface area contributed by atoms with Crippen LogP contribution in [0.4, 0.5) is 0 Å². The number of amides is 1. The summed E-state index contributed by atoms with van der Waals surface area (Å²) in [6, 6.07) is 9.24. The number of rotatable bonds is 6. The van der Waals surface area contributed by atoms with Gasteiger partial charge in [0.05, 0.1) is 28.8 Å². The second-order valence-electron chi connectivity index (χ2n) is 7.65. The summed E-state index contributed by atoms with van der Waals surface area (Å²) < 4.78 is 5.27. The number of carbonyl (C=O) groups excluding carboxylic acids is 2. The number of halogens is 2. The molecular weight excluding hydrogens is 439 g/mol. The lowest BCUT2D eigenvalue weighted by molar-refractivity contribution is -0.140. The molecule has 2 aromatic rings. The molecule has 1 heterocycles. The van der Waals surface area contributed by atoms with Crippen LogP contribution in [0.5, 0.6) is 5.75 Å². The average molecular weight is 463 g/mol. The van der Waals surface area contributed by atoms with Gasteiger partial charge in [-0.15, -0.1) is 0 Å². The lowest BCUT2D eigenvalue weighted by Gasteiger charge is -2.26. The summed E-state index contributed by atoms with van der Waals surface area (Å²) in [7, 11) is 5.32. The van der Waals surface area contributed by atoms with Crippen molar-refractivity contribution in [3.8, 4) is 5.75 Å². The van der Waals surface area contributed by atoms with Crippen LogP contribution in [0.2, 0.25) is 10.0 Å². The van der Waals surface area contributed by atoms with E-state index in [9.17, 15) is 14.7 Å². The molecule has 164 valence electrons. The van der Waals surface area contributed by atoms with E-state index >= 15 is 0 Å². The molecule has 1 atom stereocenters. The highest BCUT2D eigenvalue weighted by atomic mass is 35.5. The smallest absolute Gasteiger partial charge is 0.295 e. The van der Waals surface area contributed by atoms with Gasteiger partial charge in [-0.05, 0) is 62.5 Å². The summed E-state index contributed by atoms with van der Waals surface area (Å²) in [5.74, 6) is -0.984. The summed E-state index contributed by atoms with van der Waals surface area (Å²) in [5, 5.41) is 11.8. The Bertz CT molecular complexity index is 1070. The molecular formula is C23H24Cl2N2O4. The van der Waals surface area contributed by atoms with Gasteiger partial charge in [-0.2, -0.15) is 0 Å². The predicted molar refractivity (Wildman–Crippen MR) is 122 cm³/mol. The molecule has 3 rings (SSSR count). The maximum Gasteiger partial charge on any atom is 0.295 e. The fourth-order valence-electron chi connectivity index (χ4n) is 3.63. The molecule has 1 fully saturated rings. The molecule has 1 amide bonds. The number of aryl methyl sites for hydroxylation is 1. The largest absolute Gasteiger partial charge is 0.507 e. The van der Waals surface area contributed by atoms with E-state index in [0.29, 0.717) is 40.0 Å². The summed E-state index contributed by atoms with van der Waals surface area (Å²) in [6.45, 7) is 2.69. The number of likely N-dealkylation sites (tertiary alicyclic amines) is 1. The Morgan fingerprint density at radius 2 is 1.84 bits per heavy atom. The van der Waals surface area contributed by atoms with Crippen LogP contribution in [0.1, 0.15) is 22.7 Å². The lowest BCUT2D eigenvalue weighted by Crippen LogP contribution is -2.35. The molecule has 0 radical (unpaired) electrons. The average Bonchev–Trinajstić information content (AvgIpc) is 2.98. The van der Waals surface area contributed by atoms with Crippen molar-refractivity contribution in [2.75, 3.05) is 34.3 Å². The topological polar surface area (TPSA) is 70.1 Å². The molecule has 0 saturated carbocycles. The van der Waals surface area contributed by atoms with Crippen LogP contribution in [-0.4, -0.2) is 60.9 Å². The van der Waals surface area contributed by atoms with Crippen molar-refractivity contribution in [3.05, 3.63) is 68.7 Å². The molecule has 0 spiro atoms. The molecule has 8 heteroatoms. The van der Waals surface area contributed by atoms with Gasteiger partial charge in [-0.1, -0.05) is 29.3 Å². The molecule has 0 aromatic heterocycles. The molecule has 6 nitrogen and oxygen atoms in total. The normalized spacial score (nSPS) is 18.2. The van der Waals surface area contributed by atoms with Gasteiger partial charge in [0.2, 0.25) is 0 Å². The molecule has 1 N–H and O–H groups in total. The number of hydrogen-bond donors (Lipinski definition) is 1. The third kappa shape index (κ3) is 4.56. The molecule has 1 saturated heterocycles. The van der Waals surface area contributed by atoms with E-state index in [-0.39, 0.29) is 11.3 Å². The van der Waals surface area contributed by atoms with E-state index < -0.39 is 17.7 Å². The van der Waals surface area contributed by atoms with Gasteiger partial charge >= 0.3 is 0 Å². The Morgan fingerprint density at radius 3 is 2.42 bits per heavy atom. The Kier molecular flexibility index (Phi) is 6.94. The highest BCUT2D eigenvalue weighted by molar-refractivity contribution is 6.46. The van der Waals surface area contributed by atoms with Crippen LogP contribution in [-0.2, 0) is 9.59 Å². The highest BCUT2D eigenvalue weighted by Gasteiger charge is 2.46. The van der Waals surface area contributed by atoms with Crippen LogP contribution in [0, 0.1) is 6.92 Å². The van der Waals surface area contributed by atoms with Gasteiger partial charge in [-0.25, -0.2) is 0 Å². The molecule has 1 aliphatic heterocycles. The van der Waals surface area contributed by atoms with Gasteiger partial charge < -0.3 is 19.6 Å². The number of ketones is 1. The van der Waals surface area contributed by atoms with Crippen molar-refractivity contribution < 1.29 is 19.4 Å². The standard InChI is InChI=1S/C23H24Cl2N2O4/c1-13-11-15(6-8-18(13)31-4)21(28)19-20(14-5-7-16(24)17(25)12-14)27(10-9-26(2)3)23(30)22(19)29/h5-8,11-12,20,28H,9-10H2,1-4H3/b21-19-. The third-order valence-corrected chi connectivity index (χ3v) is 5.99. The zero-order chi connectivity index (χ0) is 22.9. The number of hydrogen-bond acceptors (Lipinski definition) is 5. The minimum absolute atomic E-state index is 0.0201. The Balaban J connectivity index is 2.18. The maximum atomic E-state index is 13.0. The summed E-state index contributed by atoms with van der Waals surface area (Å²) >= 11 is 12.3. The van der Waals surface area contributed by atoms with Gasteiger partial charge in [0, 0.05) is 18.7 Å². The van der Waals surface area contributed by atoms with E-state index in [1.807, 2.05) is 25.9 Å². The van der Waals surface area contributed by atoms with Crippen LogP contribution in [0.15, 0.2) is 42.0 Å². The number of methoxy groups -OCH3 is 1. The SMILES string of the molecule is COc1ccc(/C(O)=C2/C(=O)C(=O)N(CCN(C)C)C2c2ccc(Cl)c(Cl)c2)cc1C. The number of ether oxygens (including phenoxy) is 1. The van der Waals surface area contributed by atoms with E-state index in [1.54, 1.807) is 43.5 Å². The number of aliphatic hydroxyl groups excluding tert-OH is 1. The van der Waals surface area contributed by atoms with Crippen LogP contribution in [0.25, 0.3) is 5.76 Å². The van der Waals surface area contributed by atoms with Gasteiger partial charge in [0.25, 0.3) is 11.7 Å². The van der Waals surface area contributed by atoms with Gasteiger partial charge in [0.1, 0.15) is 11.5 Å². The lowest BCUT2D eigenvalue weighted by atomic mass is 9.94. The molecule has 0 aliphatic carbocycles. The quantitative estimate of drug-likeness (QED) is 0.393. The number of Topliss-reactive ketones (excluding diaryl/α,β-unsaturated/α-hetero) is 1. The first-order chi connectivity index (χ1) is 14.6. The Morgan fingerprint density at radius 1 is 1.13 bits per heavy atom. The van der Waals surface area contributed by atoms with Crippen LogP contribution < -0.4 is 4.74 Å². The van der Waals surface area contributed by atoms with Crippen molar-refractivity contribution in [3.63, 3.8) is 0 Å². The molecule has 1 aliphatic rings. The zero-order valence-corrected chi connectivity index (χ0v) is 19.3. The second kappa shape index (κ2) is 9.30. The van der Waals surface area contributed by atoms with Crippen LogP contribution in [0.3, 0.4) is 0 Å². The highest BCUT2D eigenvalue weighted by Crippen LogP contribution is 2.41. The Hall–Kier alpha value is -2.54. The molecule has 0 bridgehead atoms. The van der Waals surface area contributed by atoms with E-state index in [4.69, 9.17) is 27.9 Å². The summed E-state index contributed by atoms with van der Waals surface area (Å²) in [4.78, 5) is 29.3. The number of benzene rings is 2. The van der Waals surface area contributed by atoms with E-state index in [2.05, 4.69) is 0 Å². The first kappa shape index (κ1) is 23.1. The maximum absolute atomic E-state index is 13.0. The monoisotopic (exact) mass is 462 g/mol. The van der Waals surface area contributed by atoms with E-state index in [0.717, 1.165) is 5.56 Å².